The van der Waals surface area contributed by atoms with Crippen molar-refractivity contribution in [3.05, 3.63) is 28.3 Å². The zero-order valence-electron chi connectivity index (χ0n) is 15.8. The normalized spacial score (nSPS) is 26.8. The number of nitrogens with one attached hydrogen (secondary N) is 1. The molecule has 2 heterocycles. The zero-order chi connectivity index (χ0) is 19.6. The number of nitrogens with zero attached hydrogens (tertiary/aromatic N) is 2. The maximum atomic E-state index is 13.0. The number of sulfonamides is 1. The van der Waals surface area contributed by atoms with Gasteiger partial charge in [0.05, 0.1) is 15.9 Å². The lowest BCUT2D eigenvalue weighted by atomic mass is 9.94. The maximum Gasteiger partial charge on any atom is 0.293 e. The van der Waals surface area contributed by atoms with Gasteiger partial charge in [-0.15, -0.1) is 0 Å². The molecular weight excluding hydrogens is 370 g/mol. The Morgan fingerprint density at radius 1 is 1.30 bits per heavy atom. The third kappa shape index (κ3) is 4.59. The molecule has 3 atom stereocenters. The predicted molar refractivity (Wildman–Crippen MR) is 102 cm³/mol. The number of anilines is 1. The quantitative estimate of drug-likeness (QED) is 0.585. The summed E-state index contributed by atoms with van der Waals surface area (Å²) < 4.78 is 33.0. The number of nitro benzene ring substituents is 1. The minimum atomic E-state index is -3.75. The van der Waals surface area contributed by atoms with Crippen molar-refractivity contribution >= 4 is 21.4 Å². The predicted octanol–water partition coefficient (Wildman–Crippen LogP) is 2.85. The molecule has 1 N–H and O–H groups in total. The molecular formula is C18H27N3O5S. The minimum Gasteiger partial charge on any atom is -0.377 e. The first-order chi connectivity index (χ1) is 12.8. The summed E-state index contributed by atoms with van der Waals surface area (Å²) >= 11 is 0. The molecule has 2 aliphatic heterocycles. The van der Waals surface area contributed by atoms with Crippen LogP contribution >= 0.6 is 0 Å². The summed E-state index contributed by atoms with van der Waals surface area (Å²) in [5.74, 6) is 0.539. The van der Waals surface area contributed by atoms with Gasteiger partial charge in [0.15, 0.2) is 0 Å². The molecule has 2 saturated heterocycles. The number of nitro groups is 1. The van der Waals surface area contributed by atoms with Crippen LogP contribution in [0.5, 0.6) is 0 Å². The van der Waals surface area contributed by atoms with Crippen LogP contribution in [-0.4, -0.2) is 50.0 Å². The average molecular weight is 397 g/mol. The lowest BCUT2D eigenvalue weighted by molar-refractivity contribution is -0.384. The minimum absolute atomic E-state index is 0.0295. The number of piperidine rings is 1. The largest absolute Gasteiger partial charge is 0.377 e. The molecule has 9 heteroatoms. The zero-order valence-corrected chi connectivity index (χ0v) is 16.6. The van der Waals surface area contributed by atoms with E-state index in [1.54, 1.807) is 0 Å². The van der Waals surface area contributed by atoms with Gasteiger partial charge in [-0.3, -0.25) is 10.1 Å². The van der Waals surface area contributed by atoms with E-state index in [9.17, 15) is 18.5 Å². The van der Waals surface area contributed by atoms with E-state index >= 15 is 0 Å². The second-order valence-corrected chi connectivity index (χ2v) is 9.66. The fourth-order valence-electron chi connectivity index (χ4n) is 3.95. The second kappa shape index (κ2) is 8.12. The lowest BCUT2D eigenvalue weighted by Crippen LogP contribution is -2.42. The van der Waals surface area contributed by atoms with Crippen molar-refractivity contribution in [1.82, 2.24) is 4.31 Å². The topological polar surface area (TPSA) is 102 Å². The van der Waals surface area contributed by atoms with Gasteiger partial charge in [-0.2, -0.15) is 4.31 Å². The van der Waals surface area contributed by atoms with Crippen molar-refractivity contribution < 1.29 is 18.1 Å². The summed E-state index contributed by atoms with van der Waals surface area (Å²) in [6.45, 7) is 6.11. The molecule has 0 radical (unpaired) electrons. The summed E-state index contributed by atoms with van der Waals surface area (Å²) in [7, 11) is -3.75. The standard InChI is InChI=1S/C18H27N3O5S/c1-13-8-14(2)12-20(11-13)27(24,25)16-5-6-17(18(9-16)21(22)23)19-10-15-4-3-7-26-15/h5-6,9,13-15,19H,3-4,7-8,10-12H2,1-2H3. The Kier molecular flexibility index (Phi) is 6.02. The third-order valence-electron chi connectivity index (χ3n) is 5.18. The fourth-order valence-corrected chi connectivity index (χ4v) is 5.65. The molecule has 27 heavy (non-hydrogen) atoms. The van der Waals surface area contributed by atoms with E-state index < -0.39 is 14.9 Å². The van der Waals surface area contributed by atoms with Gasteiger partial charge in [-0.1, -0.05) is 13.8 Å². The van der Waals surface area contributed by atoms with Crippen LogP contribution in [0, 0.1) is 22.0 Å². The summed E-state index contributed by atoms with van der Waals surface area (Å²) in [4.78, 5) is 10.9. The Morgan fingerprint density at radius 2 is 2.00 bits per heavy atom. The summed E-state index contributed by atoms with van der Waals surface area (Å²) in [5.41, 5.74) is 0.0852. The van der Waals surface area contributed by atoms with Gasteiger partial charge in [-0.25, -0.2) is 8.42 Å². The first kappa shape index (κ1) is 20.0. The van der Waals surface area contributed by atoms with Crippen molar-refractivity contribution in [2.24, 2.45) is 11.8 Å². The first-order valence-corrected chi connectivity index (χ1v) is 10.9. The van der Waals surface area contributed by atoms with Crippen molar-refractivity contribution in [2.45, 2.75) is 44.1 Å². The molecule has 3 rings (SSSR count). The van der Waals surface area contributed by atoms with Crippen LogP contribution in [-0.2, 0) is 14.8 Å². The highest BCUT2D eigenvalue weighted by molar-refractivity contribution is 7.89. The van der Waals surface area contributed by atoms with Crippen LogP contribution in [0.3, 0.4) is 0 Å². The van der Waals surface area contributed by atoms with Gasteiger partial charge >= 0.3 is 0 Å². The van der Waals surface area contributed by atoms with Gasteiger partial charge in [-0.05, 0) is 43.2 Å². The number of hydrogen-bond donors (Lipinski definition) is 1. The van der Waals surface area contributed by atoms with Crippen LogP contribution in [0.25, 0.3) is 0 Å². The van der Waals surface area contributed by atoms with Gasteiger partial charge < -0.3 is 10.1 Å². The Morgan fingerprint density at radius 3 is 2.59 bits per heavy atom. The van der Waals surface area contributed by atoms with E-state index in [4.69, 9.17) is 4.74 Å². The van der Waals surface area contributed by atoms with Crippen molar-refractivity contribution in [2.75, 3.05) is 31.6 Å². The molecule has 2 aliphatic rings. The number of ether oxygens (including phenoxy) is 1. The van der Waals surface area contributed by atoms with Gasteiger partial charge in [0, 0.05) is 32.3 Å². The molecule has 0 aromatic heterocycles. The van der Waals surface area contributed by atoms with Crippen LogP contribution in [0.15, 0.2) is 23.1 Å². The SMILES string of the molecule is CC1CC(C)CN(S(=O)(=O)c2ccc(NCC3CCCO3)c([N+](=O)[O-])c2)C1. The van der Waals surface area contributed by atoms with Gasteiger partial charge in [0.2, 0.25) is 10.0 Å². The number of benzene rings is 1. The highest BCUT2D eigenvalue weighted by Gasteiger charge is 2.33. The van der Waals surface area contributed by atoms with E-state index in [0.29, 0.717) is 31.9 Å². The van der Waals surface area contributed by atoms with E-state index in [1.165, 1.54) is 16.4 Å². The molecule has 2 fully saturated rings. The van der Waals surface area contributed by atoms with E-state index in [-0.39, 0.29) is 28.5 Å². The van der Waals surface area contributed by atoms with E-state index in [1.807, 2.05) is 13.8 Å². The summed E-state index contributed by atoms with van der Waals surface area (Å²) in [6.07, 6.45) is 2.92. The molecule has 1 aromatic rings. The number of rotatable bonds is 6. The highest BCUT2D eigenvalue weighted by atomic mass is 32.2. The van der Waals surface area contributed by atoms with Crippen molar-refractivity contribution in [3.8, 4) is 0 Å². The molecule has 0 saturated carbocycles. The van der Waals surface area contributed by atoms with Crippen LogP contribution in [0.2, 0.25) is 0 Å². The molecule has 150 valence electrons. The van der Waals surface area contributed by atoms with Crippen LogP contribution in [0.4, 0.5) is 11.4 Å². The van der Waals surface area contributed by atoms with Gasteiger partial charge in [0.25, 0.3) is 5.69 Å². The molecule has 0 bridgehead atoms. The Labute approximate surface area is 160 Å². The number of hydrogen-bond acceptors (Lipinski definition) is 6. The Hall–Kier alpha value is -1.71. The molecule has 0 amide bonds. The first-order valence-electron chi connectivity index (χ1n) is 9.41. The van der Waals surface area contributed by atoms with E-state index in [2.05, 4.69) is 5.32 Å². The summed E-state index contributed by atoms with van der Waals surface area (Å²) in [6, 6.07) is 4.10. The third-order valence-corrected chi connectivity index (χ3v) is 7.01. The maximum absolute atomic E-state index is 13.0. The van der Waals surface area contributed by atoms with Crippen LogP contribution < -0.4 is 5.32 Å². The summed E-state index contributed by atoms with van der Waals surface area (Å²) in [5, 5.41) is 14.5. The highest BCUT2D eigenvalue weighted by Crippen LogP contribution is 2.32. The Balaban J connectivity index is 1.83. The fraction of sp³-hybridized carbons (Fsp3) is 0.667. The van der Waals surface area contributed by atoms with E-state index in [0.717, 1.165) is 25.3 Å². The molecule has 8 nitrogen and oxygen atoms in total. The lowest BCUT2D eigenvalue weighted by Gasteiger charge is -2.34. The van der Waals surface area contributed by atoms with Crippen molar-refractivity contribution in [1.29, 1.82) is 0 Å². The molecule has 0 aliphatic carbocycles. The average Bonchev–Trinajstić information content (AvgIpc) is 3.12. The van der Waals surface area contributed by atoms with Crippen molar-refractivity contribution in [3.63, 3.8) is 0 Å². The smallest absolute Gasteiger partial charge is 0.293 e. The molecule has 1 aromatic carbocycles. The second-order valence-electron chi connectivity index (χ2n) is 7.72. The monoisotopic (exact) mass is 397 g/mol. The van der Waals surface area contributed by atoms with Gasteiger partial charge in [0.1, 0.15) is 5.69 Å². The Bertz CT molecular complexity index is 782. The molecule has 3 unspecified atom stereocenters. The molecule has 0 spiro atoms. The van der Waals surface area contributed by atoms with Crippen LogP contribution in [0.1, 0.15) is 33.1 Å².